The van der Waals surface area contributed by atoms with Crippen LogP contribution in [0.25, 0.3) is 0 Å². The molecular formula is C4H6O2S2. The molecular weight excluding hydrogens is 144 g/mol. The minimum atomic E-state index is -0.395. The van der Waals surface area contributed by atoms with E-state index >= 15 is 0 Å². The van der Waals surface area contributed by atoms with Gasteiger partial charge in [0.2, 0.25) is 0 Å². The fraction of sp³-hybridized carbons (Fsp3) is 0.250. The summed E-state index contributed by atoms with van der Waals surface area (Å²) in [5, 5.41) is -0.395. The third-order valence-corrected chi connectivity index (χ3v) is 1.11. The van der Waals surface area contributed by atoms with Gasteiger partial charge in [-0.25, -0.2) is 4.79 Å². The first-order valence-electron chi connectivity index (χ1n) is 1.90. The third kappa shape index (κ3) is 4.08. The Hall–Kier alpha value is -0.0900. The molecule has 0 aromatic carbocycles. The van der Waals surface area contributed by atoms with E-state index in [9.17, 15) is 4.79 Å². The Bertz CT molecular complexity index is 92.0. The molecule has 0 spiro atoms. The predicted molar refractivity (Wildman–Crippen MR) is 38.1 cm³/mol. The summed E-state index contributed by atoms with van der Waals surface area (Å²) in [5.74, 6) is 0. The number of carbonyl (C=O) groups excluding carboxylic acids is 1. The van der Waals surface area contributed by atoms with Crippen molar-refractivity contribution in [2.75, 3.05) is 6.61 Å². The summed E-state index contributed by atoms with van der Waals surface area (Å²) in [6.07, 6.45) is 1.50. The molecule has 2 nitrogen and oxygen atoms in total. The first-order valence-corrected chi connectivity index (χ1v) is 3.77. The summed E-state index contributed by atoms with van der Waals surface area (Å²) in [4.78, 5) is 10.2. The molecule has 0 radical (unpaired) electrons. The fourth-order valence-electron chi connectivity index (χ4n) is 0.153. The molecule has 0 aromatic heterocycles. The molecule has 0 unspecified atom stereocenters. The second-order valence-electron chi connectivity index (χ2n) is 0.941. The molecule has 0 bridgehead atoms. The van der Waals surface area contributed by atoms with Crippen molar-refractivity contribution in [2.24, 2.45) is 0 Å². The summed E-state index contributed by atoms with van der Waals surface area (Å²) >= 11 is 3.60. The highest BCUT2D eigenvalue weighted by atomic mass is 33.1. The van der Waals surface area contributed by atoms with Crippen molar-refractivity contribution in [3.63, 3.8) is 0 Å². The number of thiol groups is 1. The Kier molecular flexibility index (Phi) is 5.00. The molecule has 0 atom stereocenters. The minimum absolute atomic E-state index is 0.256. The van der Waals surface area contributed by atoms with Gasteiger partial charge in [-0.05, 0) is 0 Å². The number of carbonyl (C=O) groups is 1. The predicted octanol–water partition coefficient (Wildman–Crippen LogP) is 1.89. The molecule has 0 aliphatic carbocycles. The summed E-state index contributed by atoms with van der Waals surface area (Å²) in [6.45, 7) is 3.61. The highest BCUT2D eigenvalue weighted by molar-refractivity contribution is 8.74. The van der Waals surface area contributed by atoms with Gasteiger partial charge in [-0.15, -0.1) is 0 Å². The van der Waals surface area contributed by atoms with Gasteiger partial charge in [0.15, 0.2) is 0 Å². The molecule has 0 amide bonds. The third-order valence-electron chi connectivity index (χ3n) is 0.394. The van der Waals surface area contributed by atoms with Crippen LogP contribution in [0.3, 0.4) is 0 Å². The van der Waals surface area contributed by atoms with E-state index in [0.717, 1.165) is 10.8 Å². The van der Waals surface area contributed by atoms with E-state index in [2.05, 4.69) is 23.0 Å². The van der Waals surface area contributed by atoms with E-state index in [1.807, 2.05) is 0 Å². The van der Waals surface area contributed by atoms with Crippen LogP contribution in [0.15, 0.2) is 12.7 Å². The van der Waals surface area contributed by atoms with Gasteiger partial charge in [0.25, 0.3) is 0 Å². The number of ether oxygens (including phenoxy) is 1. The van der Waals surface area contributed by atoms with Gasteiger partial charge in [-0.2, -0.15) is 0 Å². The van der Waals surface area contributed by atoms with Crippen molar-refractivity contribution in [1.29, 1.82) is 0 Å². The van der Waals surface area contributed by atoms with Crippen molar-refractivity contribution in [1.82, 2.24) is 0 Å². The van der Waals surface area contributed by atoms with Crippen LogP contribution in [0.4, 0.5) is 4.79 Å². The van der Waals surface area contributed by atoms with Gasteiger partial charge < -0.3 is 4.74 Å². The summed E-state index contributed by atoms with van der Waals surface area (Å²) in [7, 11) is 0.750. The van der Waals surface area contributed by atoms with Crippen LogP contribution in [-0.2, 0) is 4.74 Å². The van der Waals surface area contributed by atoms with Crippen molar-refractivity contribution >= 4 is 27.8 Å². The minimum Gasteiger partial charge on any atom is -0.453 e. The Balaban J connectivity index is 3.11. The summed E-state index contributed by atoms with van der Waals surface area (Å²) in [6, 6.07) is 0. The van der Waals surface area contributed by atoms with E-state index in [-0.39, 0.29) is 6.61 Å². The maximum atomic E-state index is 10.2. The number of hydrogen-bond donors (Lipinski definition) is 1. The highest BCUT2D eigenvalue weighted by Gasteiger charge is 1.94. The molecule has 0 aliphatic heterocycles. The van der Waals surface area contributed by atoms with Crippen LogP contribution in [0.5, 0.6) is 0 Å². The monoisotopic (exact) mass is 150 g/mol. The van der Waals surface area contributed by atoms with E-state index in [0.29, 0.717) is 0 Å². The molecule has 0 saturated heterocycles. The second-order valence-corrected chi connectivity index (χ2v) is 2.00. The van der Waals surface area contributed by atoms with E-state index in [1.165, 1.54) is 6.08 Å². The van der Waals surface area contributed by atoms with Gasteiger partial charge in [0.05, 0.1) is 0 Å². The molecule has 46 valence electrons. The van der Waals surface area contributed by atoms with Gasteiger partial charge in [-0.1, -0.05) is 24.3 Å². The quantitative estimate of drug-likeness (QED) is 0.282. The summed E-state index contributed by atoms with van der Waals surface area (Å²) < 4.78 is 4.47. The standard InChI is InChI=1S/C4H6O2S2/c1-2-3-6-4(5)8-7/h2,7H,1,3H2. The lowest BCUT2D eigenvalue weighted by Gasteiger charge is -1.93. The van der Waals surface area contributed by atoms with Crippen LogP contribution in [0, 0.1) is 0 Å². The molecule has 0 N–H and O–H groups in total. The lowest BCUT2D eigenvalue weighted by atomic mass is 10.7. The van der Waals surface area contributed by atoms with Crippen LogP contribution in [-0.4, -0.2) is 11.9 Å². The zero-order valence-electron chi connectivity index (χ0n) is 4.16. The molecule has 4 heteroatoms. The average molecular weight is 150 g/mol. The van der Waals surface area contributed by atoms with Crippen molar-refractivity contribution in [3.05, 3.63) is 12.7 Å². The molecule has 0 rings (SSSR count). The van der Waals surface area contributed by atoms with Gasteiger partial charge in [0.1, 0.15) is 6.61 Å². The summed E-state index contributed by atoms with van der Waals surface area (Å²) in [5.41, 5.74) is 0. The second kappa shape index (κ2) is 5.05. The maximum Gasteiger partial charge on any atom is 0.378 e. The van der Waals surface area contributed by atoms with Crippen molar-refractivity contribution in [2.45, 2.75) is 0 Å². The van der Waals surface area contributed by atoms with Crippen molar-refractivity contribution in [3.8, 4) is 0 Å². The zero-order valence-corrected chi connectivity index (χ0v) is 5.87. The molecule has 0 saturated carbocycles. The van der Waals surface area contributed by atoms with Crippen molar-refractivity contribution < 1.29 is 9.53 Å². The first-order chi connectivity index (χ1) is 3.81. The van der Waals surface area contributed by atoms with Crippen LogP contribution >= 0.6 is 22.5 Å². The fourth-order valence-corrected chi connectivity index (χ4v) is 0.432. The molecule has 0 heterocycles. The highest BCUT2D eigenvalue weighted by Crippen LogP contribution is 2.07. The lowest BCUT2D eigenvalue weighted by Crippen LogP contribution is -1.93. The SMILES string of the molecule is C=CCOC(=O)SS. The molecule has 0 aromatic rings. The van der Waals surface area contributed by atoms with E-state index in [1.54, 1.807) is 0 Å². The van der Waals surface area contributed by atoms with Crippen LogP contribution in [0.1, 0.15) is 0 Å². The topological polar surface area (TPSA) is 26.3 Å². The Morgan fingerprint density at radius 3 is 3.00 bits per heavy atom. The largest absolute Gasteiger partial charge is 0.453 e. The van der Waals surface area contributed by atoms with Gasteiger partial charge in [0, 0.05) is 10.8 Å². The smallest absolute Gasteiger partial charge is 0.378 e. The first kappa shape index (κ1) is 7.91. The zero-order chi connectivity index (χ0) is 6.41. The molecule has 8 heavy (non-hydrogen) atoms. The lowest BCUT2D eigenvalue weighted by molar-refractivity contribution is 0.188. The Morgan fingerprint density at radius 1 is 2.00 bits per heavy atom. The van der Waals surface area contributed by atoms with E-state index < -0.39 is 5.30 Å². The van der Waals surface area contributed by atoms with Crippen LogP contribution < -0.4 is 0 Å². The normalized spacial score (nSPS) is 8.12. The molecule has 0 aliphatic rings. The maximum absolute atomic E-state index is 10.2. The Morgan fingerprint density at radius 2 is 2.62 bits per heavy atom. The van der Waals surface area contributed by atoms with Crippen LogP contribution in [0.2, 0.25) is 0 Å². The number of rotatable bonds is 2. The van der Waals surface area contributed by atoms with E-state index in [4.69, 9.17) is 0 Å². The van der Waals surface area contributed by atoms with Gasteiger partial charge in [-0.3, -0.25) is 0 Å². The molecule has 0 fully saturated rings. The average Bonchev–Trinajstić information content (AvgIpc) is 1.83. The van der Waals surface area contributed by atoms with Gasteiger partial charge >= 0.3 is 5.30 Å². The Labute approximate surface area is 57.1 Å². The number of hydrogen-bond acceptors (Lipinski definition) is 4.